The molecule has 2 aliphatic rings. The van der Waals surface area contributed by atoms with Crippen LogP contribution in [-0.4, -0.2) is 59.1 Å². The summed E-state index contributed by atoms with van der Waals surface area (Å²) in [6.45, 7) is 5.03. The monoisotopic (exact) mass is 441 g/mol. The van der Waals surface area contributed by atoms with E-state index in [0.717, 1.165) is 63.3 Å². The fourth-order valence-electron chi connectivity index (χ4n) is 4.47. The molecule has 2 atom stereocenters. The second-order valence-electron chi connectivity index (χ2n) is 8.03. The van der Waals surface area contributed by atoms with Gasteiger partial charge in [-0.2, -0.15) is 0 Å². The van der Waals surface area contributed by atoms with Crippen molar-refractivity contribution in [2.45, 2.75) is 38.1 Å². The Bertz CT molecular complexity index is 790. The average Bonchev–Trinajstić information content (AvgIpc) is 3.34. The molecular formula is C21H33Cl2N5O. The van der Waals surface area contributed by atoms with Crippen LogP contribution in [0, 0.1) is 5.92 Å². The molecule has 6 nitrogen and oxygen atoms in total. The number of aromatic nitrogens is 2. The van der Waals surface area contributed by atoms with Crippen LogP contribution >= 0.6 is 24.8 Å². The first-order chi connectivity index (χ1) is 13.2. The number of halogens is 2. The Morgan fingerprint density at radius 1 is 1.24 bits per heavy atom. The lowest BCUT2D eigenvalue weighted by Gasteiger charge is -2.33. The summed E-state index contributed by atoms with van der Waals surface area (Å²) in [5.41, 5.74) is 2.28. The van der Waals surface area contributed by atoms with Crippen LogP contribution in [0.25, 0.3) is 11.0 Å². The Kier molecular flexibility index (Phi) is 9.21. The number of carbonyl (C=O) groups is 1. The van der Waals surface area contributed by atoms with E-state index in [1.165, 1.54) is 18.4 Å². The van der Waals surface area contributed by atoms with Gasteiger partial charge < -0.3 is 20.1 Å². The number of imidazole rings is 1. The summed E-state index contributed by atoms with van der Waals surface area (Å²) in [6.07, 6.45) is 5.47. The van der Waals surface area contributed by atoms with Crippen molar-refractivity contribution in [2.75, 3.05) is 32.7 Å². The molecule has 3 heterocycles. The molecule has 1 amide bonds. The van der Waals surface area contributed by atoms with Gasteiger partial charge in [-0.25, -0.2) is 4.98 Å². The maximum Gasteiger partial charge on any atom is 0.237 e. The normalized spacial score (nSPS) is 22.1. The van der Waals surface area contributed by atoms with Crippen molar-refractivity contribution in [1.29, 1.82) is 0 Å². The Morgan fingerprint density at radius 2 is 2.07 bits per heavy atom. The van der Waals surface area contributed by atoms with Crippen molar-refractivity contribution in [1.82, 2.24) is 25.1 Å². The minimum Gasteiger partial charge on any atom is -0.354 e. The minimum atomic E-state index is 0. The van der Waals surface area contributed by atoms with E-state index < -0.39 is 0 Å². The highest BCUT2D eigenvalue weighted by atomic mass is 35.5. The number of para-hydroxylation sites is 2. The van der Waals surface area contributed by atoms with E-state index in [4.69, 9.17) is 4.98 Å². The van der Waals surface area contributed by atoms with Crippen LogP contribution in [0.3, 0.4) is 0 Å². The largest absolute Gasteiger partial charge is 0.354 e. The molecule has 2 fully saturated rings. The zero-order chi connectivity index (χ0) is 18.6. The number of rotatable bonds is 6. The number of aryl methyl sites for hydroxylation is 1. The molecule has 29 heavy (non-hydrogen) atoms. The summed E-state index contributed by atoms with van der Waals surface area (Å²) < 4.78 is 2.21. The first-order valence-corrected chi connectivity index (χ1v) is 10.3. The third-order valence-corrected chi connectivity index (χ3v) is 6.08. The number of nitrogens with one attached hydrogen (secondary N) is 2. The molecule has 2 aromatic rings. The Balaban J connectivity index is 0.00000150. The number of nitrogens with zero attached hydrogens (tertiary/aromatic N) is 3. The standard InChI is InChI=1S/C21H31N5O.2ClH/c1-25-19-9-3-2-7-17(19)24-20(25)10-13-26-12-5-6-16(15-26)14-23-21(27)18-8-4-11-22-18;;/h2-3,7,9,16,18,22H,4-6,8,10-15H2,1H3,(H,23,27);2*1H. The first kappa shape index (κ1) is 23.9. The molecule has 0 spiro atoms. The molecule has 2 unspecified atom stereocenters. The Morgan fingerprint density at radius 3 is 2.83 bits per heavy atom. The predicted molar refractivity (Wildman–Crippen MR) is 122 cm³/mol. The zero-order valence-electron chi connectivity index (χ0n) is 17.1. The van der Waals surface area contributed by atoms with Gasteiger partial charge in [0.15, 0.2) is 0 Å². The third kappa shape index (κ3) is 5.85. The van der Waals surface area contributed by atoms with E-state index in [-0.39, 0.29) is 36.8 Å². The summed E-state index contributed by atoms with van der Waals surface area (Å²) in [5, 5.41) is 6.45. The minimum absolute atomic E-state index is 0. The lowest BCUT2D eigenvalue weighted by atomic mass is 9.97. The number of amides is 1. The number of fused-ring (bicyclic) bond motifs is 1. The number of hydrogen-bond acceptors (Lipinski definition) is 4. The molecule has 0 bridgehead atoms. The van der Waals surface area contributed by atoms with Gasteiger partial charge in [0.05, 0.1) is 17.1 Å². The van der Waals surface area contributed by atoms with Crippen molar-refractivity contribution in [3.8, 4) is 0 Å². The summed E-state index contributed by atoms with van der Waals surface area (Å²) in [4.78, 5) is 19.5. The first-order valence-electron chi connectivity index (χ1n) is 10.3. The molecule has 0 radical (unpaired) electrons. The smallest absolute Gasteiger partial charge is 0.237 e. The SMILES string of the molecule is Cl.Cl.Cn1c(CCN2CCCC(CNC(=O)C3CCCN3)C2)nc2ccccc21. The number of hydrogen-bond donors (Lipinski definition) is 2. The lowest BCUT2D eigenvalue weighted by Crippen LogP contribution is -2.45. The second-order valence-corrected chi connectivity index (χ2v) is 8.03. The Hall–Kier alpha value is -1.34. The highest BCUT2D eigenvalue weighted by molar-refractivity contribution is 5.85. The fourth-order valence-corrected chi connectivity index (χ4v) is 4.47. The van der Waals surface area contributed by atoms with Crippen molar-refractivity contribution < 1.29 is 4.79 Å². The maximum absolute atomic E-state index is 12.2. The molecule has 1 aromatic heterocycles. The highest BCUT2D eigenvalue weighted by Crippen LogP contribution is 2.18. The van der Waals surface area contributed by atoms with Gasteiger partial charge in [-0.15, -0.1) is 24.8 Å². The fraction of sp³-hybridized carbons (Fsp3) is 0.619. The average molecular weight is 442 g/mol. The van der Waals surface area contributed by atoms with Crippen LogP contribution in [-0.2, 0) is 18.3 Å². The van der Waals surface area contributed by atoms with Gasteiger partial charge in [0.25, 0.3) is 0 Å². The van der Waals surface area contributed by atoms with Gasteiger partial charge in [-0.1, -0.05) is 12.1 Å². The van der Waals surface area contributed by atoms with Crippen LogP contribution in [0.1, 0.15) is 31.5 Å². The molecule has 4 rings (SSSR count). The van der Waals surface area contributed by atoms with Gasteiger partial charge in [-0.3, -0.25) is 4.79 Å². The highest BCUT2D eigenvalue weighted by Gasteiger charge is 2.24. The number of carbonyl (C=O) groups excluding carboxylic acids is 1. The molecule has 2 saturated heterocycles. The van der Waals surface area contributed by atoms with Crippen LogP contribution < -0.4 is 10.6 Å². The molecule has 1 aromatic carbocycles. The van der Waals surface area contributed by atoms with Gasteiger partial charge in [0, 0.05) is 33.1 Å². The molecule has 2 aliphatic heterocycles. The molecule has 8 heteroatoms. The molecular weight excluding hydrogens is 409 g/mol. The van der Waals surface area contributed by atoms with E-state index in [0.29, 0.717) is 5.92 Å². The summed E-state index contributed by atoms with van der Waals surface area (Å²) in [5.74, 6) is 1.90. The topological polar surface area (TPSA) is 62.2 Å². The number of likely N-dealkylation sites (tertiary alicyclic amines) is 1. The molecule has 0 saturated carbocycles. The van der Waals surface area contributed by atoms with Crippen LogP contribution in [0.4, 0.5) is 0 Å². The molecule has 2 N–H and O–H groups in total. The summed E-state index contributed by atoms with van der Waals surface area (Å²) in [7, 11) is 2.11. The lowest BCUT2D eigenvalue weighted by molar-refractivity contribution is -0.123. The van der Waals surface area contributed by atoms with Crippen molar-refractivity contribution in [3.63, 3.8) is 0 Å². The number of piperidine rings is 1. The van der Waals surface area contributed by atoms with Crippen LogP contribution in [0.5, 0.6) is 0 Å². The molecule has 162 valence electrons. The van der Waals surface area contributed by atoms with E-state index in [1.807, 2.05) is 6.07 Å². The maximum atomic E-state index is 12.2. The summed E-state index contributed by atoms with van der Waals surface area (Å²) in [6, 6.07) is 8.35. The molecule has 0 aliphatic carbocycles. The van der Waals surface area contributed by atoms with E-state index in [1.54, 1.807) is 0 Å². The Labute approximate surface area is 185 Å². The van der Waals surface area contributed by atoms with Gasteiger partial charge >= 0.3 is 0 Å². The summed E-state index contributed by atoms with van der Waals surface area (Å²) >= 11 is 0. The van der Waals surface area contributed by atoms with Crippen molar-refractivity contribution in [2.24, 2.45) is 13.0 Å². The third-order valence-electron chi connectivity index (χ3n) is 6.08. The van der Waals surface area contributed by atoms with E-state index in [9.17, 15) is 4.79 Å². The second kappa shape index (κ2) is 11.2. The van der Waals surface area contributed by atoms with Crippen molar-refractivity contribution >= 4 is 41.8 Å². The van der Waals surface area contributed by atoms with Gasteiger partial charge in [-0.05, 0) is 56.8 Å². The van der Waals surface area contributed by atoms with E-state index >= 15 is 0 Å². The van der Waals surface area contributed by atoms with Gasteiger partial charge in [0.2, 0.25) is 5.91 Å². The zero-order valence-corrected chi connectivity index (χ0v) is 18.7. The van der Waals surface area contributed by atoms with Crippen LogP contribution in [0.15, 0.2) is 24.3 Å². The van der Waals surface area contributed by atoms with Gasteiger partial charge in [0.1, 0.15) is 5.82 Å². The number of benzene rings is 1. The quantitative estimate of drug-likeness (QED) is 0.722. The van der Waals surface area contributed by atoms with Crippen LogP contribution in [0.2, 0.25) is 0 Å². The van der Waals surface area contributed by atoms with E-state index in [2.05, 4.69) is 45.3 Å². The predicted octanol–water partition coefficient (Wildman–Crippen LogP) is 2.54. The van der Waals surface area contributed by atoms with Crippen molar-refractivity contribution in [3.05, 3.63) is 30.1 Å².